The van der Waals surface area contributed by atoms with Crippen molar-refractivity contribution in [3.05, 3.63) is 167 Å². The molecule has 328 valence electrons. The van der Waals surface area contributed by atoms with E-state index in [2.05, 4.69) is 171 Å². The van der Waals surface area contributed by atoms with Crippen LogP contribution < -0.4 is 0 Å². The van der Waals surface area contributed by atoms with E-state index < -0.39 is 6.85 Å². The number of imidazole rings is 1. The molecule has 0 spiro atoms. The number of rotatable bonds is 6. The molecule has 9 rings (SSSR count). The molecule has 2 heterocycles. The third kappa shape index (κ3) is 8.20. The second kappa shape index (κ2) is 16.5. The van der Waals surface area contributed by atoms with E-state index in [1.54, 1.807) is 18.3 Å². The summed E-state index contributed by atoms with van der Waals surface area (Å²) in [5.41, 5.74) is 15.0. The first-order valence-electron chi connectivity index (χ1n) is 23.8. The zero-order valence-corrected chi connectivity index (χ0v) is 41.0. The standard InChI is InChI=1S/C59H60N3O.Pt/c1-37-20-22-38(23-21-37)40-28-31-60-49(35-40)42-32-41(33-44(34-42)57(5,6)7)45-18-15-19-51-53(45)61-55(46-25-26-48-52(54(46)63)59(10,11)30-29-58(48,8)9)62(51)50-27-24-43(56(2,3)4)36-47(50)39-16-13-12-14-17-39;/h12-28,31,33-36,63H,29-30H2,1-11H3;/q-1;/i1D3;. The first-order chi connectivity index (χ1) is 31.0. The number of hydrogen-bond donors (Lipinski definition) is 1. The average Bonchev–Trinajstić information content (AvgIpc) is 3.66. The van der Waals surface area contributed by atoms with Crippen molar-refractivity contribution in [3.63, 3.8) is 0 Å². The van der Waals surface area contributed by atoms with Crippen molar-refractivity contribution in [3.8, 4) is 67.5 Å². The fraction of sp³-hybridized carbons (Fsp3) is 0.288. The number of aromatic nitrogens is 3. The molecule has 0 saturated carbocycles. The number of benzene rings is 6. The van der Waals surface area contributed by atoms with Gasteiger partial charge in [0.05, 0.1) is 22.3 Å². The van der Waals surface area contributed by atoms with Crippen LogP contribution in [0.15, 0.2) is 134 Å². The number of aromatic hydroxyl groups is 1. The number of phenolic OH excluding ortho intramolecular Hbond substituents is 1. The van der Waals surface area contributed by atoms with E-state index in [4.69, 9.17) is 14.1 Å². The van der Waals surface area contributed by atoms with Gasteiger partial charge in [-0.3, -0.25) is 9.55 Å². The third-order valence-electron chi connectivity index (χ3n) is 13.4. The Kier molecular flexibility index (Phi) is 10.6. The topological polar surface area (TPSA) is 50.9 Å². The Labute approximate surface area is 399 Å². The molecule has 0 aliphatic heterocycles. The number of fused-ring (bicyclic) bond motifs is 2. The van der Waals surface area contributed by atoms with Crippen LogP contribution in [0.5, 0.6) is 5.75 Å². The quantitative estimate of drug-likeness (QED) is 0.169. The van der Waals surface area contributed by atoms with Crippen LogP contribution in [0.1, 0.15) is 114 Å². The molecule has 6 aromatic carbocycles. The number of nitrogens with zero attached hydrogens (tertiary/aromatic N) is 3. The van der Waals surface area contributed by atoms with Gasteiger partial charge in [0.2, 0.25) is 0 Å². The molecule has 2 aromatic heterocycles. The monoisotopic (exact) mass is 1020 g/mol. The van der Waals surface area contributed by atoms with E-state index in [-0.39, 0.29) is 42.7 Å². The van der Waals surface area contributed by atoms with Crippen LogP contribution in [0.3, 0.4) is 0 Å². The first-order valence-corrected chi connectivity index (χ1v) is 22.3. The summed E-state index contributed by atoms with van der Waals surface area (Å²) in [5, 5.41) is 12.7. The van der Waals surface area contributed by atoms with E-state index >= 15 is 0 Å². The van der Waals surface area contributed by atoms with Crippen LogP contribution >= 0.6 is 0 Å². The molecule has 4 nitrogen and oxygen atoms in total. The molecule has 1 N–H and O–H groups in total. The second-order valence-electron chi connectivity index (χ2n) is 20.9. The van der Waals surface area contributed by atoms with Gasteiger partial charge in [-0.15, -0.1) is 29.3 Å². The van der Waals surface area contributed by atoms with Crippen LogP contribution in [0.25, 0.3) is 72.7 Å². The summed E-state index contributed by atoms with van der Waals surface area (Å²) in [6, 6.07) is 47.3. The zero-order valence-electron chi connectivity index (χ0n) is 41.7. The van der Waals surface area contributed by atoms with Gasteiger partial charge in [-0.2, -0.15) is 0 Å². The second-order valence-corrected chi connectivity index (χ2v) is 20.9. The Bertz CT molecular complexity index is 3150. The van der Waals surface area contributed by atoms with Gasteiger partial charge in [0.15, 0.2) is 0 Å². The van der Waals surface area contributed by atoms with E-state index in [9.17, 15) is 5.11 Å². The number of pyridine rings is 1. The van der Waals surface area contributed by atoms with E-state index in [1.165, 1.54) is 11.1 Å². The van der Waals surface area contributed by atoms with Gasteiger partial charge >= 0.3 is 0 Å². The van der Waals surface area contributed by atoms with Crippen molar-refractivity contribution >= 4 is 11.0 Å². The summed E-state index contributed by atoms with van der Waals surface area (Å²) < 4.78 is 25.8. The van der Waals surface area contributed by atoms with E-state index in [1.807, 2.05) is 24.3 Å². The van der Waals surface area contributed by atoms with Gasteiger partial charge in [0, 0.05) is 48.2 Å². The normalized spacial score (nSPS) is 15.4. The van der Waals surface area contributed by atoms with Gasteiger partial charge in [0.25, 0.3) is 0 Å². The fourth-order valence-corrected chi connectivity index (χ4v) is 9.40. The van der Waals surface area contributed by atoms with Crippen LogP contribution in [0.4, 0.5) is 0 Å². The molecule has 0 atom stereocenters. The Morgan fingerprint density at radius 3 is 2.05 bits per heavy atom. The molecule has 0 bridgehead atoms. The Balaban J connectivity index is 0.00000608. The van der Waals surface area contributed by atoms with Crippen molar-refractivity contribution < 1.29 is 30.3 Å². The largest absolute Gasteiger partial charge is 0.507 e. The minimum absolute atomic E-state index is 0. The molecule has 1 aliphatic rings. The van der Waals surface area contributed by atoms with Crippen LogP contribution in [0, 0.1) is 12.9 Å². The van der Waals surface area contributed by atoms with Crippen LogP contribution in [-0.4, -0.2) is 19.6 Å². The molecular formula is C59H60N3OPt-. The summed E-state index contributed by atoms with van der Waals surface area (Å²) in [6.45, 7) is 20.3. The summed E-state index contributed by atoms with van der Waals surface area (Å²) in [7, 11) is 0. The molecule has 5 heteroatoms. The molecule has 1 aliphatic carbocycles. The van der Waals surface area contributed by atoms with E-state index in [0.29, 0.717) is 22.7 Å². The number of phenols is 1. The molecule has 0 fully saturated rings. The van der Waals surface area contributed by atoms with Crippen molar-refractivity contribution in [2.24, 2.45) is 0 Å². The maximum atomic E-state index is 12.7. The van der Waals surface area contributed by atoms with Gasteiger partial charge in [-0.25, -0.2) is 4.98 Å². The van der Waals surface area contributed by atoms with Crippen molar-refractivity contribution in [2.45, 2.75) is 111 Å². The maximum absolute atomic E-state index is 12.7. The molecule has 0 unspecified atom stereocenters. The third-order valence-corrected chi connectivity index (χ3v) is 13.4. The fourth-order valence-electron chi connectivity index (χ4n) is 9.40. The minimum atomic E-state index is -2.17. The molecule has 8 aromatic rings. The molecular weight excluding hydrogens is 962 g/mol. The van der Waals surface area contributed by atoms with Gasteiger partial charge in [-0.05, 0) is 99.5 Å². The smallest absolute Gasteiger partial charge is 0.148 e. The predicted octanol–water partition coefficient (Wildman–Crippen LogP) is 15.5. The summed E-state index contributed by atoms with van der Waals surface area (Å²) in [5.74, 6) is 0.960. The van der Waals surface area contributed by atoms with Crippen molar-refractivity contribution in [1.29, 1.82) is 0 Å². The van der Waals surface area contributed by atoms with Gasteiger partial charge < -0.3 is 5.11 Å². The molecule has 0 radical (unpaired) electrons. The SMILES string of the molecule is [2H]C([2H])([2H])c1ccc(-c2ccnc(-c3[c-]c(-c4cccc5c4nc(-c4ccc6c(c4O)C(C)(C)CCC6(C)C)n5-c4ccc(C(C)(C)C)cc4-c4ccccc4)cc(C(C)(C)C)c3)c2)cc1.[Pt]. The Hall–Kier alpha value is -5.57. The van der Waals surface area contributed by atoms with Crippen molar-refractivity contribution in [2.75, 3.05) is 0 Å². The average molecular weight is 1030 g/mol. The summed E-state index contributed by atoms with van der Waals surface area (Å²) in [4.78, 5) is 10.5. The Morgan fingerprint density at radius 1 is 0.641 bits per heavy atom. The first kappa shape index (κ1) is 41.2. The van der Waals surface area contributed by atoms with Gasteiger partial charge in [-0.1, -0.05) is 171 Å². The zero-order chi connectivity index (χ0) is 47.1. The van der Waals surface area contributed by atoms with Gasteiger partial charge in [0.1, 0.15) is 11.6 Å². The van der Waals surface area contributed by atoms with Crippen LogP contribution in [0.2, 0.25) is 0 Å². The Morgan fingerprint density at radius 2 is 1.34 bits per heavy atom. The van der Waals surface area contributed by atoms with E-state index in [0.717, 1.165) is 85.3 Å². The molecule has 0 saturated heterocycles. The van der Waals surface area contributed by atoms with Crippen molar-refractivity contribution in [1.82, 2.24) is 14.5 Å². The van der Waals surface area contributed by atoms with Crippen LogP contribution in [-0.2, 0) is 42.7 Å². The predicted molar refractivity (Wildman–Crippen MR) is 264 cm³/mol. The number of para-hydroxylation sites is 1. The molecule has 64 heavy (non-hydrogen) atoms. The number of hydrogen-bond acceptors (Lipinski definition) is 3. The summed E-state index contributed by atoms with van der Waals surface area (Å²) in [6.07, 6.45) is 3.81. The summed E-state index contributed by atoms with van der Waals surface area (Å²) >= 11 is 0. The maximum Gasteiger partial charge on any atom is 0.148 e. The molecule has 0 amide bonds. The number of aryl methyl sites for hydroxylation is 1. The minimum Gasteiger partial charge on any atom is -0.507 e.